The molecule has 0 aliphatic carbocycles. The number of hydrogen-bond donors (Lipinski definition) is 5. The molecule has 0 spiro atoms. The standard InChI is InChI=1S/C50H68N8O8/c1-11-57-40-17-16-32-24-36(40)37(44(57)35-14-12-18-51-42(35)30(4)65-10)25-49(5,6)28-66-47(63)38-15-13-19-58(54-38)46(62)39(22-31-20-33(32)23-34(59)21-31)53-45(61)43(29(2)3)56(9)41(60)26-55(8)48(64)50(7)27-52-50/h12,14,16-18,20-21,23-24,29-30,38-39,43,47,52,54,59,63H,11,13,15,19,22,25-28H2,1-10H3,(H,53,61)/t30-,38-,39-,43-,47?,50-/m0/s1. The number of phenols is 1. The molecule has 1 unspecified atom stereocenters. The molecule has 0 saturated carbocycles. The molecule has 2 saturated heterocycles. The van der Waals surface area contributed by atoms with E-state index >= 15 is 0 Å². The number of nitrogens with one attached hydrogen (secondary N) is 3. The highest BCUT2D eigenvalue weighted by Crippen LogP contribution is 2.42. The molecule has 4 amide bonds. The zero-order valence-electron chi connectivity index (χ0n) is 40.1. The zero-order chi connectivity index (χ0) is 47.8. The Kier molecular flexibility index (Phi) is 14.3. The van der Waals surface area contributed by atoms with Crippen LogP contribution in [0.4, 0.5) is 0 Å². The van der Waals surface area contributed by atoms with E-state index in [2.05, 4.69) is 59.6 Å². The molecule has 2 aromatic carbocycles. The number of fused-ring (bicyclic) bond motifs is 6. The molecular formula is C50H68N8O8. The molecule has 16 heteroatoms. The van der Waals surface area contributed by atoms with Crippen LogP contribution in [-0.4, -0.2) is 136 Å². The number of benzene rings is 2. The van der Waals surface area contributed by atoms with Crippen molar-refractivity contribution in [2.24, 2.45) is 11.3 Å². The molecule has 6 bridgehead atoms. The number of aliphatic hydroxyl groups excluding tert-OH is 1. The van der Waals surface area contributed by atoms with Gasteiger partial charge in [-0.05, 0) is 110 Å². The van der Waals surface area contributed by atoms with Crippen molar-refractivity contribution in [3.8, 4) is 28.1 Å². The van der Waals surface area contributed by atoms with Crippen LogP contribution in [0.25, 0.3) is 33.3 Å². The van der Waals surface area contributed by atoms with E-state index in [9.17, 15) is 29.4 Å². The minimum Gasteiger partial charge on any atom is -0.508 e. The van der Waals surface area contributed by atoms with Gasteiger partial charge in [0, 0.05) is 69.9 Å². The molecule has 16 nitrogen and oxygen atoms in total. The second-order valence-electron chi connectivity index (χ2n) is 19.7. The fourth-order valence-corrected chi connectivity index (χ4v) is 9.62. The Morgan fingerprint density at radius 3 is 2.50 bits per heavy atom. The Morgan fingerprint density at radius 2 is 1.82 bits per heavy atom. The van der Waals surface area contributed by atoms with Gasteiger partial charge in [-0.25, -0.2) is 5.43 Å². The molecule has 2 aromatic heterocycles. The summed E-state index contributed by atoms with van der Waals surface area (Å²) in [6.07, 6.45) is 1.92. The molecule has 4 aromatic rings. The van der Waals surface area contributed by atoms with Crippen LogP contribution in [0.1, 0.15) is 84.2 Å². The minimum atomic E-state index is -1.26. The smallest absolute Gasteiger partial charge is 0.259 e. The average Bonchev–Trinajstić information content (AvgIpc) is 3.98. The number of rotatable bonds is 11. The first-order chi connectivity index (χ1) is 31.2. The van der Waals surface area contributed by atoms with Gasteiger partial charge in [0.2, 0.25) is 17.7 Å². The van der Waals surface area contributed by atoms with Crippen LogP contribution in [0.5, 0.6) is 5.75 Å². The van der Waals surface area contributed by atoms with Crippen LogP contribution in [0.2, 0.25) is 0 Å². The highest BCUT2D eigenvalue weighted by molar-refractivity contribution is 5.97. The number of phenolic OH excluding ortho intramolecular Hbond substituents is 1. The summed E-state index contributed by atoms with van der Waals surface area (Å²) in [6.45, 7) is 15.2. The maximum atomic E-state index is 14.7. The lowest BCUT2D eigenvalue weighted by Gasteiger charge is -2.39. The third kappa shape index (κ3) is 10.1. The number of carbonyl (C=O) groups is 4. The number of nitrogens with zero attached hydrogens (tertiary/aromatic N) is 5. The van der Waals surface area contributed by atoms with E-state index in [4.69, 9.17) is 14.5 Å². The molecule has 5 heterocycles. The van der Waals surface area contributed by atoms with Gasteiger partial charge in [-0.3, -0.25) is 29.2 Å². The van der Waals surface area contributed by atoms with Gasteiger partial charge >= 0.3 is 0 Å². The summed E-state index contributed by atoms with van der Waals surface area (Å²) in [5.74, 6) is -2.01. The predicted molar refractivity (Wildman–Crippen MR) is 252 cm³/mol. The van der Waals surface area contributed by atoms with Gasteiger partial charge in [0.15, 0.2) is 6.29 Å². The Labute approximate surface area is 388 Å². The number of amides is 4. The van der Waals surface area contributed by atoms with Crippen LogP contribution in [-0.2, 0) is 48.0 Å². The van der Waals surface area contributed by atoms with Crippen LogP contribution in [0, 0.1) is 11.3 Å². The minimum absolute atomic E-state index is 0.00131. The summed E-state index contributed by atoms with van der Waals surface area (Å²) < 4.78 is 14.4. The highest BCUT2D eigenvalue weighted by Gasteiger charge is 2.47. The third-order valence-electron chi connectivity index (χ3n) is 13.4. The molecule has 3 aliphatic rings. The zero-order valence-corrected chi connectivity index (χ0v) is 40.1. The maximum absolute atomic E-state index is 14.7. The molecule has 7 rings (SSSR count). The Balaban J connectivity index is 1.30. The van der Waals surface area contributed by atoms with Crippen molar-refractivity contribution in [3.63, 3.8) is 0 Å². The Hall–Kier alpha value is -5.39. The molecule has 3 aliphatic heterocycles. The van der Waals surface area contributed by atoms with Gasteiger partial charge in [-0.1, -0.05) is 39.8 Å². The van der Waals surface area contributed by atoms with Gasteiger partial charge in [-0.2, -0.15) is 0 Å². The predicted octanol–water partition coefficient (Wildman–Crippen LogP) is 4.55. The van der Waals surface area contributed by atoms with Gasteiger partial charge in [0.1, 0.15) is 23.4 Å². The summed E-state index contributed by atoms with van der Waals surface area (Å²) >= 11 is 0. The lowest BCUT2D eigenvalue weighted by atomic mass is 9.84. The number of methoxy groups -OCH3 is 1. The van der Waals surface area contributed by atoms with Gasteiger partial charge in [0.25, 0.3) is 5.91 Å². The van der Waals surface area contributed by atoms with E-state index in [1.165, 1.54) is 21.9 Å². The SMILES string of the molecule is CCn1c(-c2cccnc2[C@H](C)OC)c2c3cc(ccc31)-c1cc(O)cc(c1)C[C@H](NC(=O)[C@H](C(C)C)N(C)C(=O)CN(C)C(=O)[C@]1(C)CN1)C(=O)N1CCC[C@H](N1)C(O)OCC(C)(C)C2. The van der Waals surface area contributed by atoms with Crippen molar-refractivity contribution < 1.29 is 38.9 Å². The number of aryl methyl sites for hydroxylation is 1. The van der Waals surface area contributed by atoms with Crippen molar-refractivity contribution in [3.05, 3.63) is 71.5 Å². The number of likely N-dealkylation sites (N-methyl/N-ethyl adjacent to an activating group) is 2. The van der Waals surface area contributed by atoms with Crippen molar-refractivity contribution in [1.82, 2.24) is 40.4 Å². The first-order valence-corrected chi connectivity index (χ1v) is 23.2. The molecule has 6 atom stereocenters. The quantitative estimate of drug-likeness (QED) is 0.132. The maximum Gasteiger partial charge on any atom is 0.259 e. The van der Waals surface area contributed by atoms with E-state index in [1.807, 2.05) is 39.0 Å². The molecular weight excluding hydrogens is 841 g/mol. The molecule has 0 radical (unpaired) electrons. The van der Waals surface area contributed by atoms with Crippen LogP contribution in [0.15, 0.2) is 54.7 Å². The van der Waals surface area contributed by atoms with Crippen molar-refractivity contribution in [2.45, 2.75) is 117 Å². The van der Waals surface area contributed by atoms with Crippen molar-refractivity contribution in [2.75, 3.05) is 47.4 Å². The summed E-state index contributed by atoms with van der Waals surface area (Å²) in [4.78, 5) is 63.3. The normalized spacial score (nSPS) is 22.9. The molecule has 5 N–H and O–H groups in total. The summed E-state index contributed by atoms with van der Waals surface area (Å²) in [5, 5.41) is 31.4. The van der Waals surface area contributed by atoms with E-state index in [-0.39, 0.29) is 43.3 Å². The summed E-state index contributed by atoms with van der Waals surface area (Å²) in [7, 11) is 4.77. The number of aliphatic hydroxyl groups is 1. The van der Waals surface area contributed by atoms with Gasteiger partial charge in [-0.15, -0.1) is 0 Å². The van der Waals surface area contributed by atoms with Gasteiger partial charge < -0.3 is 44.7 Å². The number of carbonyl (C=O) groups excluding carboxylic acids is 4. The first-order valence-electron chi connectivity index (χ1n) is 23.2. The fraction of sp³-hybridized carbons (Fsp3) is 0.540. The monoisotopic (exact) mass is 909 g/mol. The van der Waals surface area contributed by atoms with E-state index in [1.54, 1.807) is 39.4 Å². The van der Waals surface area contributed by atoms with Crippen molar-refractivity contribution in [1.29, 1.82) is 0 Å². The average molecular weight is 909 g/mol. The first kappa shape index (κ1) is 48.5. The van der Waals surface area contributed by atoms with Crippen molar-refractivity contribution >= 4 is 34.5 Å². The largest absolute Gasteiger partial charge is 0.508 e. The van der Waals surface area contributed by atoms with Crippen LogP contribution < -0.4 is 16.1 Å². The highest BCUT2D eigenvalue weighted by atomic mass is 16.6. The fourth-order valence-electron chi connectivity index (χ4n) is 9.62. The number of ether oxygens (including phenoxy) is 2. The number of pyridine rings is 1. The Morgan fingerprint density at radius 1 is 1.08 bits per heavy atom. The number of aromatic nitrogens is 2. The lowest BCUT2D eigenvalue weighted by molar-refractivity contribution is -0.164. The van der Waals surface area contributed by atoms with Crippen LogP contribution in [0.3, 0.4) is 0 Å². The topological polar surface area (TPSA) is 201 Å². The van der Waals surface area contributed by atoms with Crippen LogP contribution >= 0.6 is 0 Å². The molecule has 66 heavy (non-hydrogen) atoms. The van der Waals surface area contributed by atoms with Gasteiger partial charge in [0.05, 0.1) is 36.7 Å². The Bertz CT molecular complexity index is 2460. The number of aromatic hydroxyl groups is 1. The summed E-state index contributed by atoms with van der Waals surface area (Å²) in [6, 6.07) is 12.7. The number of hydrazine groups is 1. The lowest BCUT2D eigenvalue weighted by Crippen LogP contribution is -2.62. The van der Waals surface area contributed by atoms with E-state index in [0.717, 1.165) is 44.5 Å². The molecule has 2 fully saturated rings. The second-order valence-corrected chi connectivity index (χ2v) is 19.7. The third-order valence-corrected chi connectivity index (χ3v) is 13.4. The van der Waals surface area contributed by atoms with E-state index in [0.29, 0.717) is 44.5 Å². The second kappa shape index (κ2) is 19.4. The molecule has 356 valence electrons. The number of hydrogen-bond acceptors (Lipinski definition) is 11. The van der Waals surface area contributed by atoms with E-state index < -0.39 is 53.1 Å². The summed E-state index contributed by atoms with van der Waals surface area (Å²) in [5.41, 5.74) is 9.08.